The maximum absolute atomic E-state index is 13.0. The van der Waals surface area contributed by atoms with Crippen LogP contribution in [0.25, 0.3) is 10.9 Å². The first kappa shape index (κ1) is 22.4. The highest BCUT2D eigenvalue weighted by Gasteiger charge is 2.21. The quantitative estimate of drug-likeness (QED) is 0.473. The lowest BCUT2D eigenvalue weighted by Gasteiger charge is -2.26. The monoisotopic (exact) mass is 486 g/mol. The highest BCUT2D eigenvalue weighted by atomic mass is 79.9. The van der Waals surface area contributed by atoms with E-state index in [4.69, 9.17) is 5.73 Å². The second kappa shape index (κ2) is 9.69. The molecule has 0 radical (unpaired) electrons. The van der Waals surface area contributed by atoms with Crippen molar-refractivity contribution in [2.45, 2.75) is 32.9 Å². The lowest BCUT2D eigenvalue weighted by Crippen LogP contribution is -2.41. The molecule has 0 saturated carbocycles. The third-order valence-corrected chi connectivity index (χ3v) is 5.12. The van der Waals surface area contributed by atoms with Crippen molar-refractivity contribution < 1.29 is 14.4 Å². The van der Waals surface area contributed by atoms with Crippen molar-refractivity contribution in [3.8, 4) is 0 Å². The van der Waals surface area contributed by atoms with Crippen LogP contribution in [0.3, 0.4) is 0 Å². The van der Waals surface area contributed by atoms with E-state index in [0.29, 0.717) is 21.3 Å². The van der Waals surface area contributed by atoms with E-state index in [1.54, 1.807) is 47.4 Å². The van der Waals surface area contributed by atoms with Gasteiger partial charge in [-0.05, 0) is 48.0 Å². The molecule has 1 aromatic carbocycles. The third kappa shape index (κ3) is 5.46. The Kier molecular flexibility index (Phi) is 7.01. The largest absolute Gasteiger partial charge is 0.364 e. The molecule has 9 nitrogen and oxygen atoms in total. The van der Waals surface area contributed by atoms with E-state index in [1.165, 1.54) is 4.68 Å². The van der Waals surface area contributed by atoms with Crippen LogP contribution in [-0.4, -0.2) is 50.0 Å². The lowest BCUT2D eigenvalue weighted by atomic mass is 10.2. The summed E-state index contributed by atoms with van der Waals surface area (Å²) >= 11 is 3.26. The van der Waals surface area contributed by atoms with Crippen molar-refractivity contribution in [2.24, 2.45) is 5.73 Å². The highest BCUT2D eigenvalue weighted by Crippen LogP contribution is 2.18. The van der Waals surface area contributed by atoms with E-state index >= 15 is 0 Å². The molecule has 0 unspecified atom stereocenters. The Morgan fingerprint density at radius 2 is 1.90 bits per heavy atom. The number of benzene rings is 1. The molecule has 0 fully saturated rings. The van der Waals surface area contributed by atoms with Crippen LogP contribution < -0.4 is 11.1 Å². The number of halogens is 1. The van der Waals surface area contributed by atoms with Gasteiger partial charge in [0.2, 0.25) is 11.8 Å². The molecular weight excluding hydrogens is 464 g/mol. The molecule has 0 bridgehead atoms. The number of rotatable bonds is 8. The molecule has 0 spiro atoms. The normalized spacial score (nSPS) is 11.0. The average Bonchev–Trinajstić information content (AvgIpc) is 3.07. The summed E-state index contributed by atoms with van der Waals surface area (Å²) in [5, 5.41) is 7.55. The van der Waals surface area contributed by atoms with Gasteiger partial charge in [0.15, 0.2) is 5.69 Å². The fourth-order valence-corrected chi connectivity index (χ4v) is 3.57. The van der Waals surface area contributed by atoms with Crippen molar-refractivity contribution in [1.29, 1.82) is 0 Å². The Labute approximate surface area is 187 Å². The Hall–Kier alpha value is -3.27. The maximum atomic E-state index is 13.0. The summed E-state index contributed by atoms with van der Waals surface area (Å²) < 4.78 is 2.09. The number of anilines is 1. The van der Waals surface area contributed by atoms with Crippen LogP contribution in [-0.2, 0) is 16.1 Å². The topological polar surface area (TPSA) is 123 Å². The van der Waals surface area contributed by atoms with Gasteiger partial charge >= 0.3 is 0 Å². The minimum Gasteiger partial charge on any atom is -0.364 e. The fourth-order valence-electron chi connectivity index (χ4n) is 3.22. The van der Waals surface area contributed by atoms with Gasteiger partial charge in [0, 0.05) is 24.4 Å². The van der Waals surface area contributed by atoms with E-state index < -0.39 is 5.91 Å². The Morgan fingerprint density at radius 3 is 2.58 bits per heavy atom. The van der Waals surface area contributed by atoms with Crippen molar-refractivity contribution in [3.05, 3.63) is 52.8 Å². The fraction of sp³-hybridized carbons (Fsp3) is 0.286. The number of primary amides is 1. The van der Waals surface area contributed by atoms with Crippen LogP contribution in [0.1, 0.15) is 30.8 Å². The van der Waals surface area contributed by atoms with E-state index in [0.717, 1.165) is 0 Å². The number of pyridine rings is 1. The number of hydrogen-bond acceptors (Lipinski definition) is 5. The summed E-state index contributed by atoms with van der Waals surface area (Å²) in [4.78, 5) is 42.8. The molecule has 0 aliphatic rings. The summed E-state index contributed by atoms with van der Waals surface area (Å²) in [7, 11) is 0. The SMILES string of the molecule is CC(C)N(CCC(=O)Nc1cccc(Br)n1)C(=O)Cn1nc(C(N)=O)c2ccccc21. The Morgan fingerprint density at radius 1 is 1.16 bits per heavy atom. The number of para-hydroxylation sites is 1. The van der Waals surface area contributed by atoms with Gasteiger partial charge in [-0.15, -0.1) is 0 Å². The first-order chi connectivity index (χ1) is 14.8. The van der Waals surface area contributed by atoms with Crippen molar-refractivity contribution in [3.63, 3.8) is 0 Å². The van der Waals surface area contributed by atoms with Crippen molar-refractivity contribution >= 4 is 50.4 Å². The summed E-state index contributed by atoms with van der Waals surface area (Å²) in [5.41, 5.74) is 6.19. The molecule has 162 valence electrons. The summed E-state index contributed by atoms with van der Waals surface area (Å²) in [6.45, 7) is 3.92. The minimum absolute atomic E-state index is 0.0687. The number of carbonyl (C=O) groups is 3. The second-order valence-corrected chi connectivity index (χ2v) is 8.02. The molecule has 3 N–H and O–H groups in total. The molecule has 0 aliphatic carbocycles. The van der Waals surface area contributed by atoms with Crippen LogP contribution in [0.5, 0.6) is 0 Å². The number of amides is 3. The third-order valence-electron chi connectivity index (χ3n) is 4.68. The van der Waals surface area contributed by atoms with Gasteiger partial charge in [-0.25, -0.2) is 4.98 Å². The number of nitrogens with zero attached hydrogens (tertiary/aromatic N) is 4. The first-order valence-corrected chi connectivity index (χ1v) is 10.5. The molecule has 2 aromatic heterocycles. The lowest BCUT2D eigenvalue weighted by molar-refractivity contribution is -0.134. The van der Waals surface area contributed by atoms with E-state index in [2.05, 4.69) is 31.3 Å². The van der Waals surface area contributed by atoms with Gasteiger partial charge in [-0.3, -0.25) is 19.1 Å². The summed E-state index contributed by atoms with van der Waals surface area (Å²) in [5.74, 6) is -0.679. The average molecular weight is 487 g/mol. The standard InChI is InChI=1S/C21H23BrN6O3/c1-13(2)27(11-10-18(29)25-17-9-5-8-16(22)24-17)19(30)12-28-15-7-4-3-6-14(15)20(26-28)21(23)31/h3-9,13H,10-12H2,1-2H3,(H2,23,31)(H,24,25,29). The number of aromatic nitrogens is 3. The number of nitrogens with one attached hydrogen (secondary N) is 1. The molecular formula is C21H23BrN6O3. The van der Waals surface area contributed by atoms with Crippen LogP contribution >= 0.6 is 15.9 Å². The molecule has 10 heteroatoms. The molecule has 3 aromatic rings. The molecule has 2 heterocycles. The minimum atomic E-state index is -0.652. The molecule has 3 amide bonds. The zero-order chi connectivity index (χ0) is 22.5. The highest BCUT2D eigenvalue weighted by molar-refractivity contribution is 9.10. The van der Waals surface area contributed by atoms with Gasteiger partial charge in [-0.2, -0.15) is 5.10 Å². The first-order valence-electron chi connectivity index (χ1n) is 9.73. The smallest absolute Gasteiger partial charge is 0.269 e. The van der Waals surface area contributed by atoms with Crippen molar-refractivity contribution in [2.75, 3.05) is 11.9 Å². The number of hydrogen-bond donors (Lipinski definition) is 2. The molecule has 0 saturated heterocycles. The Bertz CT molecular complexity index is 1130. The Balaban J connectivity index is 1.69. The predicted molar refractivity (Wildman–Crippen MR) is 120 cm³/mol. The van der Waals surface area contributed by atoms with E-state index in [9.17, 15) is 14.4 Å². The van der Waals surface area contributed by atoms with Gasteiger partial charge in [0.05, 0.1) is 5.52 Å². The van der Waals surface area contributed by atoms with Crippen LogP contribution in [0, 0.1) is 0 Å². The number of nitrogens with two attached hydrogens (primary N) is 1. The van der Waals surface area contributed by atoms with E-state index in [1.807, 2.05) is 13.8 Å². The molecule has 31 heavy (non-hydrogen) atoms. The zero-order valence-corrected chi connectivity index (χ0v) is 18.8. The summed E-state index contributed by atoms with van der Waals surface area (Å²) in [6, 6.07) is 12.2. The van der Waals surface area contributed by atoms with Gasteiger partial charge in [0.25, 0.3) is 5.91 Å². The molecule has 0 aliphatic heterocycles. The van der Waals surface area contributed by atoms with Gasteiger partial charge in [-0.1, -0.05) is 24.3 Å². The van der Waals surface area contributed by atoms with Crippen LogP contribution in [0.15, 0.2) is 47.1 Å². The number of carbonyl (C=O) groups excluding carboxylic acids is 3. The number of fused-ring (bicyclic) bond motifs is 1. The molecule has 3 rings (SSSR count). The van der Waals surface area contributed by atoms with Crippen LogP contribution in [0.2, 0.25) is 0 Å². The maximum Gasteiger partial charge on any atom is 0.269 e. The van der Waals surface area contributed by atoms with Crippen LogP contribution in [0.4, 0.5) is 5.82 Å². The van der Waals surface area contributed by atoms with Gasteiger partial charge < -0.3 is 16.0 Å². The van der Waals surface area contributed by atoms with Crippen molar-refractivity contribution in [1.82, 2.24) is 19.7 Å². The molecule has 0 atom stereocenters. The second-order valence-electron chi connectivity index (χ2n) is 7.21. The van der Waals surface area contributed by atoms with Gasteiger partial charge in [0.1, 0.15) is 17.0 Å². The predicted octanol–water partition coefficient (Wildman–Crippen LogP) is 2.56. The summed E-state index contributed by atoms with van der Waals surface area (Å²) in [6.07, 6.45) is 0.116. The van der Waals surface area contributed by atoms with E-state index in [-0.39, 0.29) is 43.1 Å². The zero-order valence-electron chi connectivity index (χ0n) is 17.2.